The molecule has 2 heterocycles. The monoisotopic (exact) mass is 351 g/mol. The van der Waals surface area contributed by atoms with E-state index in [1.165, 1.54) is 17.5 Å². The molecular formula is C22H29N3O. The number of amides is 1. The van der Waals surface area contributed by atoms with Crippen LogP contribution in [0.15, 0.2) is 48.8 Å². The van der Waals surface area contributed by atoms with Gasteiger partial charge in [-0.25, -0.2) is 5.01 Å². The number of nitrogens with zero attached hydrogens (tertiary/aromatic N) is 2. The van der Waals surface area contributed by atoms with E-state index in [0.717, 1.165) is 38.6 Å². The quantitative estimate of drug-likeness (QED) is 0.889. The minimum absolute atomic E-state index is 0.216. The van der Waals surface area contributed by atoms with Gasteiger partial charge in [-0.2, -0.15) is 0 Å². The second-order valence-electron chi connectivity index (χ2n) is 7.61. The summed E-state index contributed by atoms with van der Waals surface area (Å²) in [7, 11) is 0. The molecule has 26 heavy (non-hydrogen) atoms. The van der Waals surface area contributed by atoms with Crippen molar-refractivity contribution in [1.29, 1.82) is 0 Å². The van der Waals surface area contributed by atoms with Gasteiger partial charge in [0.2, 0.25) is 5.91 Å². The molecule has 4 rings (SSSR count). The molecule has 2 unspecified atom stereocenters. The van der Waals surface area contributed by atoms with E-state index in [-0.39, 0.29) is 12.0 Å². The van der Waals surface area contributed by atoms with Crippen LogP contribution in [0, 0.1) is 5.92 Å². The molecule has 1 saturated carbocycles. The number of carbonyl (C=O) groups excluding carboxylic acids is 1. The first-order chi connectivity index (χ1) is 12.8. The fraction of sp³-hybridized carbons (Fsp3) is 0.500. The number of piperidine rings is 1. The van der Waals surface area contributed by atoms with E-state index in [4.69, 9.17) is 0 Å². The Bertz CT molecular complexity index is 736. The number of hydrogen-bond donors (Lipinski definition) is 1. The standard InChI is InChI=1S/C22H29N3O/c1-2-17-8-3-4-11-20(17)21-16-19(12-13-23-21)25(24-14-5-6-15-24)22(26)18-9-7-10-18/h3-6,8,11,14-15,18-19,21,23H,2,7,9-10,12-13,16H2,1H3. The number of aromatic nitrogens is 1. The molecule has 1 amide bonds. The lowest BCUT2D eigenvalue weighted by Crippen LogP contribution is -2.55. The van der Waals surface area contributed by atoms with Crippen LogP contribution in [-0.4, -0.2) is 23.2 Å². The van der Waals surface area contributed by atoms with Gasteiger partial charge in [-0.05, 0) is 61.9 Å². The van der Waals surface area contributed by atoms with Crippen molar-refractivity contribution in [2.45, 2.75) is 57.5 Å². The first kappa shape index (κ1) is 17.3. The largest absolute Gasteiger partial charge is 0.310 e. The van der Waals surface area contributed by atoms with Gasteiger partial charge < -0.3 is 5.32 Å². The van der Waals surface area contributed by atoms with Crippen molar-refractivity contribution in [3.63, 3.8) is 0 Å². The third kappa shape index (κ3) is 3.30. The number of benzene rings is 1. The van der Waals surface area contributed by atoms with E-state index in [2.05, 4.69) is 36.5 Å². The van der Waals surface area contributed by atoms with Crippen LogP contribution < -0.4 is 10.3 Å². The van der Waals surface area contributed by atoms with Gasteiger partial charge in [-0.1, -0.05) is 37.6 Å². The highest BCUT2D eigenvalue weighted by Gasteiger charge is 2.36. The third-order valence-electron chi connectivity index (χ3n) is 6.05. The van der Waals surface area contributed by atoms with Crippen molar-refractivity contribution in [3.8, 4) is 0 Å². The van der Waals surface area contributed by atoms with Crippen LogP contribution in [0.4, 0.5) is 0 Å². The molecule has 0 radical (unpaired) electrons. The minimum atomic E-state index is 0.216. The highest BCUT2D eigenvalue weighted by atomic mass is 16.2. The Labute approximate surface area is 156 Å². The van der Waals surface area contributed by atoms with E-state index in [1.807, 2.05) is 34.2 Å². The Morgan fingerprint density at radius 2 is 1.92 bits per heavy atom. The molecule has 2 aliphatic rings. The van der Waals surface area contributed by atoms with E-state index < -0.39 is 0 Å². The molecular weight excluding hydrogens is 322 g/mol. The SMILES string of the molecule is CCc1ccccc1C1CC(N(C(=O)C2CCC2)n2cccc2)CCN1. The zero-order chi connectivity index (χ0) is 17.9. The molecule has 0 spiro atoms. The van der Waals surface area contributed by atoms with Crippen LogP contribution in [0.3, 0.4) is 0 Å². The summed E-state index contributed by atoms with van der Waals surface area (Å²) in [5, 5.41) is 5.74. The molecule has 1 saturated heterocycles. The molecule has 4 nitrogen and oxygen atoms in total. The van der Waals surface area contributed by atoms with Crippen molar-refractivity contribution in [2.24, 2.45) is 5.92 Å². The Hall–Kier alpha value is -2.07. The fourth-order valence-corrected chi connectivity index (χ4v) is 4.35. The van der Waals surface area contributed by atoms with Gasteiger partial charge >= 0.3 is 0 Å². The summed E-state index contributed by atoms with van der Waals surface area (Å²) in [6.45, 7) is 3.16. The first-order valence-corrected chi connectivity index (χ1v) is 10.1. The van der Waals surface area contributed by atoms with Gasteiger partial charge in [0.25, 0.3) is 0 Å². The second kappa shape index (κ2) is 7.67. The minimum Gasteiger partial charge on any atom is -0.310 e. The van der Waals surface area contributed by atoms with Crippen molar-refractivity contribution >= 4 is 5.91 Å². The predicted octanol–water partition coefficient (Wildman–Crippen LogP) is 3.81. The van der Waals surface area contributed by atoms with Gasteiger partial charge in [-0.3, -0.25) is 9.47 Å². The maximum Gasteiger partial charge on any atom is 0.244 e. The van der Waals surface area contributed by atoms with Crippen molar-refractivity contribution in [3.05, 3.63) is 59.9 Å². The number of hydrogen-bond acceptors (Lipinski definition) is 2. The molecule has 2 aromatic rings. The Morgan fingerprint density at radius 1 is 1.15 bits per heavy atom. The smallest absolute Gasteiger partial charge is 0.244 e. The summed E-state index contributed by atoms with van der Waals surface area (Å²) in [5.74, 6) is 0.524. The van der Waals surface area contributed by atoms with Gasteiger partial charge in [0, 0.05) is 24.4 Å². The van der Waals surface area contributed by atoms with Crippen LogP contribution in [0.1, 0.15) is 56.2 Å². The third-order valence-corrected chi connectivity index (χ3v) is 6.05. The molecule has 1 aliphatic heterocycles. The number of nitrogens with one attached hydrogen (secondary N) is 1. The molecule has 1 N–H and O–H groups in total. The van der Waals surface area contributed by atoms with Crippen LogP contribution >= 0.6 is 0 Å². The maximum atomic E-state index is 13.2. The first-order valence-electron chi connectivity index (χ1n) is 10.1. The molecule has 0 bridgehead atoms. The molecule has 1 aromatic heterocycles. The van der Waals surface area contributed by atoms with Crippen LogP contribution in [-0.2, 0) is 11.2 Å². The lowest BCUT2D eigenvalue weighted by atomic mass is 9.83. The maximum absolute atomic E-state index is 13.2. The lowest BCUT2D eigenvalue weighted by Gasteiger charge is -2.41. The Kier molecular flexibility index (Phi) is 5.11. The average molecular weight is 351 g/mol. The highest BCUT2D eigenvalue weighted by Crippen LogP contribution is 2.32. The van der Waals surface area contributed by atoms with Gasteiger partial charge in [0.15, 0.2) is 0 Å². The molecule has 2 atom stereocenters. The molecule has 1 aromatic carbocycles. The fourth-order valence-electron chi connectivity index (χ4n) is 4.35. The van der Waals surface area contributed by atoms with Crippen molar-refractivity contribution in [2.75, 3.05) is 11.6 Å². The van der Waals surface area contributed by atoms with Crippen molar-refractivity contribution < 1.29 is 4.79 Å². The van der Waals surface area contributed by atoms with Gasteiger partial charge in [0.1, 0.15) is 0 Å². The summed E-state index contributed by atoms with van der Waals surface area (Å²) >= 11 is 0. The normalized spacial score (nSPS) is 23.4. The Morgan fingerprint density at radius 3 is 2.62 bits per heavy atom. The summed E-state index contributed by atoms with van der Waals surface area (Å²) in [5.41, 5.74) is 2.80. The van der Waals surface area contributed by atoms with E-state index in [0.29, 0.717) is 11.9 Å². The second-order valence-corrected chi connectivity index (χ2v) is 7.61. The van der Waals surface area contributed by atoms with Gasteiger partial charge in [0.05, 0.1) is 6.04 Å². The van der Waals surface area contributed by atoms with Crippen LogP contribution in [0.5, 0.6) is 0 Å². The van der Waals surface area contributed by atoms with Crippen molar-refractivity contribution in [1.82, 2.24) is 9.99 Å². The number of aryl methyl sites for hydroxylation is 1. The van der Waals surface area contributed by atoms with E-state index in [9.17, 15) is 4.79 Å². The predicted molar refractivity (Wildman–Crippen MR) is 105 cm³/mol. The average Bonchev–Trinajstić information content (AvgIpc) is 3.15. The summed E-state index contributed by atoms with van der Waals surface area (Å²) < 4.78 is 2.01. The molecule has 138 valence electrons. The zero-order valence-electron chi connectivity index (χ0n) is 15.6. The van der Waals surface area contributed by atoms with Crippen LogP contribution in [0.2, 0.25) is 0 Å². The number of rotatable bonds is 5. The summed E-state index contributed by atoms with van der Waals surface area (Å²) in [4.78, 5) is 13.2. The summed E-state index contributed by atoms with van der Waals surface area (Å²) in [6.07, 6.45) is 10.3. The Balaban J connectivity index is 1.59. The zero-order valence-corrected chi connectivity index (χ0v) is 15.6. The lowest BCUT2D eigenvalue weighted by molar-refractivity contribution is -0.127. The molecule has 2 fully saturated rings. The summed E-state index contributed by atoms with van der Waals surface area (Å²) in [6, 6.07) is 13.3. The van der Waals surface area contributed by atoms with E-state index in [1.54, 1.807) is 0 Å². The number of carbonyl (C=O) groups is 1. The van der Waals surface area contributed by atoms with Crippen LogP contribution in [0.25, 0.3) is 0 Å². The molecule has 1 aliphatic carbocycles. The molecule has 4 heteroatoms. The topological polar surface area (TPSA) is 37.3 Å². The highest BCUT2D eigenvalue weighted by molar-refractivity contribution is 5.89. The van der Waals surface area contributed by atoms with Gasteiger partial charge in [-0.15, -0.1) is 0 Å². The van der Waals surface area contributed by atoms with E-state index >= 15 is 0 Å².